The summed E-state index contributed by atoms with van der Waals surface area (Å²) in [5, 5.41) is 0.416. The van der Waals surface area contributed by atoms with Gasteiger partial charge in [-0.2, -0.15) is 0 Å². The standard InChI is InChI=1S/C12H13ClN4O/c1-8-5-10(13)9(6-16-8)12(18)17(2)7-11-14-3-4-15-11/h3-6H,7H2,1-2H3,(H,14,15). The number of aromatic amines is 1. The van der Waals surface area contributed by atoms with E-state index in [0.29, 0.717) is 17.1 Å². The van der Waals surface area contributed by atoms with Gasteiger partial charge in [-0.05, 0) is 13.0 Å². The highest BCUT2D eigenvalue weighted by molar-refractivity contribution is 6.33. The van der Waals surface area contributed by atoms with Gasteiger partial charge in [-0.3, -0.25) is 9.78 Å². The van der Waals surface area contributed by atoms with E-state index >= 15 is 0 Å². The number of amides is 1. The summed E-state index contributed by atoms with van der Waals surface area (Å²) in [6, 6.07) is 1.68. The molecule has 0 fully saturated rings. The number of rotatable bonds is 3. The number of nitrogens with one attached hydrogen (secondary N) is 1. The Morgan fingerprint density at radius 1 is 1.50 bits per heavy atom. The summed E-state index contributed by atoms with van der Waals surface area (Å²) in [7, 11) is 1.70. The van der Waals surface area contributed by atoms with Crippen LogP contribution in [0.2, 0.25) is 5.02 Å². The molecule has 0 unspecified atom stereocenters. The number of aryl methyl sites for hydroxylation is 1. The van der Waals surface area contributed by atoms with Crippen LogP contribution in [0.1, 0.15) is 21.9 Å². The molecule has 0 bridgehead atoms. The van der Waals surface area contributed by atoms with Gasteiger partial charge in [0.15, 0.2) is 0 Å². The SMILES string of the molecule is Cc1cc(Cl)c(C(=O)N(C)Cc2ncc[nH]2)cn1. The van der Waals surface area contributed by atoms with Crippen LogP contribution in [0.15, 0.2) is 24.7 Å². The monoisotopic (exact) mass is 264 g/mol. The van der Waals surface area contributed by atoms with Crippen molar-refractivity contribution < 1.29 is 4.79 Å². The second-order valence-electron chi connectivity index (χ2n) is 4.00. The summed E-state index contributed by atoms with van der Waals surface area (Å²) in [6.07, 6.45) is 4.86. The largest absolute Gasteiger partial charge is 0.347 e. The average molecular weight is 265 g/mol. The van der Waals surface area contributed by atoms with Gasteiger partial charge in [-0.25, -0.2) is 4.98 Å². The summed E-state index contributed by atoms with van der Waals surface area (Å²) in [5.41, 5.74) is 1.18. The molecule has 2 aromatic rings. The number of imidazole rings is 1. The van der Waals surface area contributed by atoms with E-state index in [1.54, 1.807) is 25.5 Å². The molecular formula is C12H13ClN4O. The molecular weight excluding hydrogens is 252 g/mol. The van der Waals surface area contributed by atoms with E-state index in [1.807, 2.05) is 6.92 Å². The Morgan fingerprint density at radius 3 is 2.89 bits per heavy atom. The van der Waals surface area contributed by atoms with Crippen LogP contribution in [-0.2, 0) is 6.54 Å². The number of carbonyl (C=O) groups is 1. The first-order valence-electron chi connectivity index (χ1n) is 5.44. The van der Waals surface area contributed by atoms with Crippen molar-refractivity contribution in [3.63, 3.8) is 0 Å². The lowest BCUT2D eigenvalue weighted by atomic mass is 10.2. The van der Waals surface area contributed by atoms with E-state index < -0.39 is 0 Å². The minimum absolute atomic E-state index is 0.177. The fourth-order valence-electron chi connectivity index (χ4n) is 1.57. The maximum Gasteiger partial charge on any atom is 0.257 e. The molecule has 5 nitrogen and oxygen atoms in total. The molecule has 0 aliphatic carbocycles. The Labute approximate surface area is 110 Å². The number of halogens is 1. The van der Waals surface area contributed by atoms with Crippen molar-refractivity contribution in [2.24, 2.45) is 0 Å². The lowest BCUT2D eigenvalue weighted by Gasteiger charge is -2.16. The highest BCUT2D eigenvalue weighted by atomic mass is 35.5. The van der Waals surface area contributed by atoms with E-state index in [9.17, 15) is 4.79 Å². The number of pyridine rings is 1. The van der Waals surface area contributed by atoms with Gasteiger partial charge in [0, 0.05) is 31.3 Å². The number of hydrogen-bond acceptors (Lipinski definition) is 3. The van der Waals surface area contributed by atoms with Crippen molar-refractivity contribution in [1.82, 2.24) is 19.9 Å². The zero-order chi connectivity index (χ0) is 13.1. The molecule has 18 heavy (non-hydrogen) atoms. The number of aromatic nitrogens is 3. The van der Waals surface area contributed by atoms with Crippen LogP contribution in [0.3, 0.4) is 0 Å². The molecule has 2 heterocycles. The third-order valence-corrected chi connectivity index (χ3v) is 2.82. The van der Waals surface area contributed by atoms with Crippen LogP contribution in [0, 0.1) is 6.92 Å². The van der Waals surface area contributed by atoms with Gasteiger partial charge >= 0.3 is 0 Å². The predicted molar refractivity (Wildman–Crippen MR) is 68.4 cm³/mol. The third-order valence-electron chi connectivity index (χ3n) is 2.51. The zero-order valence-corrected chi connectivity index (χ0v) is 10.9. The van der Waals surface area contributed by atoms with Crippen molar-refractivity contribution in [2.75, 3.05) is 7.05 Å². The first-order chi connectivity index (χ1) is 8.58. The second-order valence-corrected chi connectivity index (χ2v) is 4.41. The molecule has 1 N–H and O–H groups in total. The lowest BCUT2D eigenvalue weighted by molar-refractivity contribution is 0.0781. The highest BCUT2D eigenvalue weighted by Gasteiger charge is 2.16. The van der Waals surface area contributed by atoms with Crippen LogP contribution in [0.5, 0.6) is 0 Å². The van der Waals surface area contributed by atoms with Gasteiger partial charge in [-0.1, -0.05) is 11.6 Å². The molecule has 0 radical (unpaired) electrons. The predicted octanol–water partition coefficient (Wildman–Crippen LogP) is 2.04. The van der Waals surface area contributed by atoms with Crippen molar-refractivity contribution >= 4 is 17.5 Å². The molecule has 0 aromatic carbocycles. The number of carbonyl (C=O) groups excluding carboxylic acids is 1. The van der Waals surface area contributed by atoms with E-state index in [2.05, 4.69) is 15.0 Å². The maximum atomic E-state index is 12.2. The summed E-state index contributed by atoms with van der Waals surface area (Å²) in [4.78, 5) is 24.8. The number of nitrogens with zero attached hydrogens (tertiary/aromatic N) is 3. The van der Waals surface area contributed by atoms with Gasteiger partial charge < -0.3 is 9.88 Å². The van der Waals surface area contributed by atoms with E-state index in [0.717, 1.165) is 11.5 Å². The summed E-state index contributed by atoms with van der Waals surface area (Å²) < 4.78 is 0. The Hall–Kier alpha value is -1.88. The second kappa shape index (κ2) is 5.18. The van der Waals surface area contributed by atoms with Gasteiger partial charge in [0.2, 0.25) is 0 Å². The summed E-state index contributed by atoms with van der Waals surface area (Å²) in [5.74, 6) is 0.547. The molecule has 0 saturated carbocycles. The van der Waals surface area contributed by atoms with E-state index in [-0.39, 0.29) is 5.91 Å². The van der Waals surface area contributed by atoms with Crippen molar-refractivity contribution in [3.05, 3.63) is 46.8 Å². The lowest BCUT2D eigenvalue weighted by Crippen LogP contribution is -2.27. The molecule has 2 rings (SSSR count). The van der Waals surface area contributed by atoms with Crippen molar-refractivity contribution in [3.8, 4) is 0 Å². The molecule has 1 amide bonds. The normalized spacial score (nSPS) is 10.4. The first kappa shape index (κ1) is 12.6. The minimum Gasteiger partial charge on any atom is -0.347 e. The third kappa shape index (κ3) is 2.68. The number of hydrogen-bond donors (Lipinski definition) is 1. The van der Waals surface area contributed by atoms with Crippen LogP contribution in [0.25, 0.3) is 0 Å². The van der Waals surface area contributed by atoms with Crippen molar-refractivity contribution in [1.29, 1.82) is 0 Å². The molecule has 0 aliphatic rings. The Balaban J connectivity index is 2.15. The molecule has 0 spiro atoms. The van der Waals surface area contributed by atoms with Gasteiger partial charge in [0.1, 0.15) is 5.82 Å². The van der Waals surface area contributed by atoms with Crippen LogP contribution in [0.4, 0.5) is 0 Å². The van der Waals surface area contributed by atoms with E-state index in [1.165, 1.54) is 11.1 Å². The van der Waals surface area contributed by atoms with Crippen LogP contribution in [-0.4, -0.2) is 32.8 Å². The van der Waals surface area contributed by atoms with Crippen LogP contribution >= 0.6 is 11.6 Å². The number of H-pyrrole nitrogens is 1. The molecule has 94 valence electrons. The van der Waals surface area contributed by atoms with Gasteiger partial charge in [0.25, 0.3) is 5.91 Å². The Kier molecular flexibility index (Phi) is 3.62. The fraction of sp³-hybridized carbons (Fsp3) is 0.250. The highest BCUT2D eigenvalue weighted by Crippen LogP contribution is 2.17. The Morgan fingerprint density at radius 2 is 2.28 bits per heavy atom. The molecule has 0 aliphatic heterocycles. The molecule has 6 heteroatoms. The molecule has 0 saturated heterocycles. The van der Waals surface area contributed by atoms with E-state index in [4.69, 9.17) is 11.6 Å². The topological polar surface area (TPSA) is 61.9 Å². The summed E-state index contributed by atoms with van der Waals surface area (Å²) in [6.45, 7) is 2.22. The van der Waals surface area contributed by atoms with Gasteiger partial charge in [0.05, 0.1) is 17.1 Å². The molecule has 0 atom stereocenters. The molecule has 2 aromatic heterocycles. The average Bonchev–Trinajstić information content (AvgIpc) is 2.81. The van der Waals surface area contributed by atoms with Crippen LogP contribution < -0.4 is 0 Å². The first-order valence-corrected chi connectivity index (χ1v) is 5.81. The smallest absolute Gasteiger partial charge is 0.257 e. The summed E-state index contributed by atoms with van der Waals surface area (Å²) >= 11 is 6.04. The van der Waals surface area contributed by atoms with Gasteiger partial charge in [-0.15, -0.1) is 0 Å². The zero-order valence-electron chi connectivity index (χ0n) is 10.1. The fourth-order valence-corrected chi connectivity index (χ4v) is 1.86. The minimum atomic E-state index is -0.177. The quantitative estimate of drug-likeness (QED) is 0.923. The Bertz CT molecular complexity index is 553. The van der Waals surface area contributed by atoms with Crippen molar-refractivity contribution in [2.45, 2.75) is 13.5 Å². The maximum absolute atomic E-state index is 12.2.